The summed E-state index contributed by atoms with van der Waals surface area (Å²) in [5, 5.41) is 23.9. The number of likely N-dealkylation sites (tertiary alicyclic amines) is 2. The number of β-amino-alcohol motifs (C(OH)–C–C–N with tert-alkyl or cyclic N) is 1. The number of carbonyl (C=O) groups excluding carboxylic acids is 1. The largest absolute Gasteiger partial charge is 0.474 e. The van der Waals surface area contributed by atoms with Crippen LogP contribution in [-0.4, -0.2) is 90.4 Å². The van der Waals surface area contributed by atoms with Gasteiger partial charge in [0.05, 0.1) is 36.0 Å². The van der Waals surface area contributed by atoms with Gasteiger partial charge in [-0.15, -0.1) is 0 Å². The van der Waals surface area contributed by atoms with Gasteiger partial charge in [0.15, 0.2) is 6.29 Å². The average molecular weight is 626 g/mol. The van der Waals surface area contributed by atoms with E-state index in [1.807, 2.05) is 4.90 Å². The number of ether oxygens (including phenoxy) is 1. The highest BCUT2D eigenvalue weighted by molar-refractivity contribution is 5.90. The van der Waals surface area contributed by atoms with Crippen molar-refractivity contribution in [1.29, 1.82) is 5.26 Å². The predicted octanol–water partition coefficient (Wildman–Crippen LogP) is 3.03. The second-order valence-electron chi connectivity index (χ2n) is 12.2. The molecule has 238 valence electrons. The lowest BCUT2D eigenvalue weighted by atomic mass is 9.82. The van der Waals surface area contributed by atoms with E-state index in [0.29, 0.717) is 68.5 Å². The zero-order valence-electron chi connectivity index (χ0n) is 24.5. The molecule has 2 aliphatic heterocycles. The highest BCUT2D eigenvalue weighted by atomic mass is 19.4. The Bertz CT molecular complexity index is 1580. The molecule has 3 aromatic rings. The first-order valence-electron chi connectivity index (χ1n) is 14.9. The Morgan fingerprint density at radius 1 is 1.18 bits per heavy atom. The number of halogens is 3. The zero-order valence-corrected chi connectivity index (χ0v) is 24.5. The molecule has 3 N–H and O–H groups in total. The van der Waals surface area contributed by atoms with Crippen LogP contribution in [0, 0.1) is 11.3 Å². The fourth-order valence-electron chi connectivity index (χ4n) is 6.68. The number of nitrogens with two attached hydrogens (primary N) is 1. The number of rotatable bonds is 9. The molecular weight excluding hydrogens is 591 g/mol. The van der Waals surface area contributed by atoms with Gasteiger partial charge in [0, 0.05) is 56.6 Å². The predicted molar refractivity (Wildman–Crippen MR) is 155 cm³/mol. The van der Waals surface area contributed by atoms with Crippen molar-refractivity contribution < 1.29 is 27.8 Å². The normalized spacial score (nSPS) is 23.8. The smallest absolute Gasteiger partial charge is 0.433 e. The van der Waals surface area contributed by atoms with E-state index in [9.17, 15) is 28.3 Å². The standard InChI is InChI=1S/C30H34F3N9O3/c31-30(32,33)25-9-19(12-40-8-5-22(44)14-40)10-26(39-25)45-23-3-1-21(2-4-23)41-16-29(17-41,6-7-34)42-13-20(11-38-42)27-24(15-43)28(35)37-18-36-27/h9-11,13,15,18,21-23,44H,1-6,8,12,14,16-17H2,(H2,35,36,37)/t21?,22-,23?/m0/s1. The fourth-order valence-corrected chi connectivity index (χ4v) is 6.68. The third kappa shape index (κ3) is 6.49. The molecule has 1 saturated carbocycles. The quantitative estimate of drug-likeness (QED) is 0.337. The maximum absolute atomic E-state index is 13.6. The SMILES string of the molecule is N#CCC1(n2cc(-c3ncnc(N)c3C=O)cn2)CN(C2CCC(Oc3cc(CN4CC[C@H](O)C4)cc(C(F)(F)F)n3)CC2)C1. The van der Waals surface area contributed by atoms with Crippen LogP contribution in [0.2, 0.25) is 0 Å². The highest BCUT2D eigenvalue weighted by Crippen LogP contribution is 2.39. The van der Waals surface area contributed by atoms with Crippen molar-refractivity contribution >= 4 is 12.1 Å². The number of hydrogen-bond acceptors (Lipinski definition) is 11. The van der Waals surface area contributed by atoms with Crippen LogP contribution in [-0.2, 0) is 18.3 Å². The molecule has 3 aliphatic rings. The molecule has 0 radical (unpaired) electrons. The van der Waals surface area contributed by atoms with Crippen molar-refractivity contribution in [2.24, 2.45) is 0 Å². The molecule has 5 heterocycles. The topological polar surface area (TPSA) is 159 Å². The van der Waals surface area contributed by atoms with Crippen molar-refractivity contribution in [3.05, 3.63) is 47.7 Å². The maximum atomic E-state index is 13.6. The molecule has 0 bridgehead atoms. The van der Waals surface area contributed by atoms with Crippen LogP contribution < -0.4 is 10.5 Å². The second-order valence-corrected chi connectivity index (χ2v) is 12.2. The third-order valence-electron chi connectivity index (χ3n) is 9.03. The minimum Gasteiger partial charge on any atom is -0.474 e. The number of pyridine rings is 1. The first kappa shape index (κ1) is 30.9. The molecule has 3 fully saturated rings. The number of aliphatic hydroxyl groups is 1. The van der Waals surface area contributed by atoms with Gasteiger partial charge in [-0.3, -0.25) is 19.3 Å². The van der Waals surface area contributed by atoms with Crippen LogP contribution in [0.5, 0.6) is 5.88 Å². The number of aromatic nitrogens is 5. The maximum Gasteiger partial charge on any atom is 0.433 e. The molecule has 0 amide bonds. The summed E-state index contributed by atoms with van der Waals surface area (Å²) in [5.41, 5.74) is 5.94. The van der Waals surface area contributed by atoms with Gasteiger partial charge in [-0.2, -0.15) is 23.5 Å². The minimum absolute atomic E-state index is 0.0299. The van der Waals surface area contributed by atoms with Crippen LogP contribution in [0.4, 0.5) is 19.0 Å². The van der Waals surface area contributed by atoms with E-state index < -0.39 is 23.5 Å². The number of hydrogen-bond donors (Lipinski definition) is 2. The summed E-state index contributed by atoms with van der Waals surface area (Å²) >= 11 is 0. The van der Waals surface area contributed by atoms with Gasteiger partial charge in [0.25, 0.3) is 0 Å². The third-order valence-corrected chi connectivity index (χ3v) is 9.03. The first-order chi connectivity index (χ1) is 21.6. The molecule has 0 unspecified atom stereocenters. The first-order valence-corrected chi connectivity index (χ1v) is 14.9. The van der Waals surface area contributed by atoms with Gasteiger partial charge in [-0.1, -0.05) is 0 Å². The lowest BCUT2D eigenvalue weighted by Crippen LogP contribution is -2.65. The molecule has 45 heavy (non-hydrogen) atoms. The van der Waals surface area contributed by atoms with Crippen LogP contribution in [0.25, 0.3) is 11.3 Å². The Balaban J connectivity index is 1.08. The average Bonchev–Trinajstić information content (AvgIpc) is 3.64. The molecular formula is C30H34F3N9O3. The van der Waals surface area contributed by atoms with Crippen LogP contribution >= 0.6 is 0 Å². The summed E-state index contributed by atoms with van der Waals surface area (Å²) in [4.78, 5) is 27.7. The Morgan fingerprint density at radius 3 is 2.62 bits per heavy atom. The summed E-state index contributed by atoms with van der Waals surface area (Å²) in [6.45, 7) is 2.54. The Hall–Kier alpha value is -4.13. The van der Waals surface area contributed by atoms with E-state index in [0.717, 1.165) is 18.9 Å². The van der Waals surface area contributed by atoms with E-state index in [2.05, 4.69) is 31.0 Å². The molecule has 1 aliphatic carbocycles. The minimum atomic E-state index is -4.60. The molecule has 3 aromatic heterocycles. The molecule has 12 nitrogen and oxygen atoms in total. The number of anilines is 1. The molecule has 15 heteroatoms. The van der Waals surface area contributed by atoms with E-state index in [-0.39, 0.29) is 42.4 Å². The Morgan fingerprint density at radius 2 is 1.96 bits per heavy atom. The van der Waals surface area contributed by atoms with E-state index in [1.54, 1.807) is 23.1 Å². The van der Waals surface area contributed by atoms with Crippen LogP contribution in [0.15, 0.2) is 30.9 Å². The second kappa shape index (κ2) is 12.3. The number of aliphatic hydroxyl groups excluding tert-OH is 1. The number of nitriles is 1. The Labute approximate surface area is 257 Å². The summed E-state index contributed by atoms with van der Waals surface area (Å²) in [6, 6.07) is 5.15. The molecule has 6 rings (SSSR count). The monoisotopic (exact) mass is 625 g/mol. The van der Waals surface area contributed by atoms with Crippen molar-refractivity contribution in [3.8, 4) is 23.2 Å². The fraction of sp³-hybridized carbons (Fsp3) is 0.533. The Kier molecular flexibility index (Phi) is 8.47. The van der Waals surface area contributed by atoms with Gasteiger partial charge >= 0.3 is 6.18 Å². The van der Waals surface area contributed by atoms with Crippen molar-refractivity contribution in [3.63, 3.8) is 0 Å². The summed E-state index contributed by atoms with van der Waals surface area (Å²) in [7, 11) is 0. The zero-order chi connectivity index (χ0) is 31.8. The summed E-state index contributed by atoms with van der Waals surface area (Å²) in [5.74, 6) is 0.0497. The van der Waals surface area contributed by atoms with Crippen molar-refractivity contribution in [1.82, 2.24) is 34.5 Å². The highest BCUT2D eigenvalue weighted by Gasteiger charge is 2.48. The number of nitrogen functional groups attached to an aromatic ring is 1. The van der Waals surface area contributed by atoms with Gasteiger partial charge in [-0.25, -0.2) is 15.0 Å². The van der Waals surface area contributed by atoms with Crippen LogP contribution in [0.3, 0.4) is 0 Å². The summed E-state index contributed by atoms with van der Waals surface area (Å²) < 4.78 is 48.7. The van der Waals surface area contributed by atoms with Crippen LogP contribution in [0.1, 0.15) is 60.1 Å². The van der Waals surface area contributed by atoms with Gasteiger partial charge < -0.3 is 15.6 Å². The van der Waals surface area contributed by atoms with Crippen molar-refractivity contribution in [2.75, 3.05) is 31.9 Å². The molecule has 1 atom stereocenters. The van der Waals surface area contributed by atoms with E-state index in [4.69, 9.17) is 10.5 Å². The number of nitrogens with zero attached hydrogens (tertiary/aromatic N) is 8. The molecule has 0 spiro atoms. The number of aldehydes is 1. The lowest BCUT2D eigenvalue weighted by molar-refractivity contribution is -0.141. The summed E-state index contributed by atoms with van der Waals surface area (Å²) in [6.07, 6.45) is 3.69. The van der Waals surface area contributed by atoms with Gasteiger partial charge in [0.2, 0.25) is 5.88 Å². The van der Waals surface area contributed by atoms with E-state index >= 15 is 0 Å². The molecule has 2 saturated heterocycles. The number of carbonyl (C=O) groups is 1. The van der Waals surface area contributed by atoms with Gasteiger partial charge in [-0.05, 0) is 43.7 Å². The van der Waals surface area contributed by atoms with Crippen molar-refractivity contribution in [2.45, 2.75) is 75.0 Å². The molecule has 0 aromatic carbocycles. The van der Waals surface area contributed by atoms with E-state index in [1.165, 1.54) is 6.33 Å². The number of alkyl halides is 3. The van der Waals surface area contributed by atoms with Gasteiger partial charge in [0.1, 0.15) is 29.5 Å². The lowest BCUT2D eigenvalue weighted by Gasteiger charge is -2.53.